The maximum atomic E-state index is 6.02. The van der Waals surface area contributed by atoms with E-state index in [0.29, 0.717) is 0 Å². The third-order valence-electron chi connectivity index (χ3n) is 2.46. The molecule has 0 heterocycles. The van der Waals surface area contributed by atoms with E-state index in [1.807, 2.05) is 12.1 Å². The molecule has 2 rings (SSSR count). The van der Waals surface area contributed by atoms with Gasteiger partial charge >= 0.3 is 0 Å². The van der Waals surface area contributed by atoms with Crippen LogP contribution in [-0.2, 0) is 0 Å². The summed E-state index contributed by atoms with van der Waals surface area (Å²) in [5, 5.41) is 0. The van der Waals surface area contributed by atoms with Crippen LogP contribution in [0.15, 0.2) is 53.0 Å². The molecule has 0 aromatic heterocycles. The minimum Gasteiger partial charge on any atom is -0.544 e. The average molecular weight is 321 g/mol. The van der Waals surface area contributed by atoms with E-state index in [4.69, 9.17) is 4.43 Å². The van der Waals surface area contributed by atoms with Gasteiger partial charge < -0.3 is 4.43 Å². The molecule has 0 aliphatic carbocycles. The molecule has 0 aliphatic heterocycles. The van der Waals surface area contributed by atoms with Crippen LogP contribution in [0.2, 0.25) is 19.6 Å². The van der Waals surface area contributed by atoms with E-state index in [1.54, 1.807) is 0 Å². The van der Waals surface area contributed by atoms with Gasteiger partial charge in [0.25, 0.3) is 0 Å². The van der Waals surface area contributed by atoms with Crippen molar-refractivity contribution in [3.05, 3.63) is 53.0 Å². The largest absolute Gasteiger partial charge is 0.544 e. The fourth-order valence-corrected chi connectivity index (χ4v) is 3.17. The zero-order valence-electron chi connectivity index (χ0n) is 10.9. The number of hydrogen-bond acceptors (Lipinski definition) is 1. The van der Waals surface area contributed by atoms with Crippen molar-refractivity contribution in [2.75, 3.05) is 0 Å². The first-order valence-electron chi connectivity index (χ1n) is 6.00. The van der Waals surface area contributed by atoms with Crippen LogP contribution in [-0.4, -0.2) is 8.32 Å². The second kappa shape index (κ2) is 5.29. The van der Waals surface area contributed by atoms with Gasteiger partial charge in [0.15, 0.2) is 0 Å². The molecule has 3 heteroatoms. The molecule has 0 saturated carbocycles. The summed E-state index contributed by atoms with van der Waals surface area (Å²) in [6.45, 7) is 6.56. The van der Waals surface area contributed by atoms with Crippen LogP contribution >= 0.6 is 15.9 Å². The van der Waals surface area contributed by atoms with E-state index >= 15 is 0 Å². The normalized spacial score (nSPS) is 11.3. The molecule has 0 spiro atoms. The summed E-state index contributed by atoms with van der Waals surface area (Å²) in [7, 11) is -1.56. The first-order chi connectivity index (χ1) is 8.46. The van der Waals surface area contributed by atoms with Crippen LogP contribution < -0.4 is 4.43 Å². The Kier molecular flexibility index (Phi) is 3.93. The molecule has 2 aromatic carbocycles. The zero-order chi connectivity index (χ0) is 13.2. The molecule has 2 aromatic rings. The Hall–Kier alpha value is -1.06. The van der Waals surface area contributed by atoms with Gasteiger partial charge in [-0.1, -0.05) is 36.4 Å². The van der Waals surface area contributed by atoms with E-state index in [9.17, 15) is 0 Å². The molecule has 0 unspecified atom stereocenters. The Labute approximate surface area is 118 Å². The lowest BCUT2D eigenvalue weighted by molar-refractivity contribution is 0.554. The number of rotatable bonds is 3. The van der Waals surface area contributed by atoms with Gasteiger partial charge in [-0.25, -0.2) is 0 Å². The first-order valence-corrected chi connectivity index (χ1v) is 10.2. The molecule has 1 nitrogen and oxygen atoms in total. The van der Waals surface area contributed by atoms with Crippen LogP contribution in [0.4, 0.5) is 0 Å². The third kappa shape index (κ3) is 3.46. The molecule has 0 amide bonds. The van der Waals surface area contributed by atoms with Gasteiger partial charge in [0.1, 0.15) is 5.75 Å². The summed E-state index contributed by atoms with van der Waals surface area (Å²) < 4.78 is 7.04. The molecule has 0 fully saturated rings. The smallest absolute Gasteiger partial charge is 0.242 e. The zero-order valence-corrected chi connectivity index (χ0v) is 13.5. The van der Waals surface area contributed by atoms with Crippen molar-refractivity contribution in [3.8, 4) is 16.9 Å². The molecule has 0 saturated heterocycles. The maximum Gasteiger partial charge on any atom is 0.242 e. The third-order valence-corrected chi connectivity index (χ3v) is 3.91. The van der Waals surface area contributed by atoms with Crippen molar-refractivity contribution in [2.45, 2.75) is 19.6 Å². The van der Waals surface area contributed by atoms with Gasteiger partial charge in [0.2, 0.25) is 8.32 Å². The molecular weight excluding hydrogens is 304 g/mol. The van der Waals surface area contributed by atoms with Crippen molar-refractivity contribution >= 4 is 24.2 Å². The minimum atomic E-state index is -1.56. The summed E-state index contributed by atoms with van der Waals surface area (Å²) in [6, 6.07) is 16.6. The average Bonchev–Trinajstić information content (AvgIpc) is 2.31. The predicted octanol–water partition coefficient (Wildman–Crippen LogP) is 5.33. The van der Waals surface area contributed by atoms with E-state index in [0.717, 1.165) is 10.2 Å². The highest BCUT2D eigenvalue weighted by Crippen LogP contribution is 2.32. The van der Waals surface area contributed by atoms with Gasteiger partial charge in [0, 0.05) is 0 Å². The highest BCUT2D eigenvalue weighted by molar-refractivity contribution is 9.10. The van der Waals surface area contributed by atoms with Crippen LogP contribution in [0.5, 0.6) is 5.75 Å². The summed E-state index contributed by atoms with van der Waals surface area (Å²) in [5.74, 6) is 0.939. The SMILES string of the molecule is C[Si](C)(C)Oc1ccc(-c2ccccc2)cc1Br. The van der Waals surface area contributed by atoms with Gasteiger partial charge in [-0.15, -0.1) is 0 Å². The maximum absolute atomic E-state index is 6.02. The van der Waals surface area contributed by atoms with Crippen molar-refractivity contribution < 1.29 is 4.43 Å². The molecular formula is C15H17BrOSi. The lowest BCUT2D eigenvalue weighted by Crippen LogP contribution is -2.29. The van der Waals surface area contributed by atoms with E-state index in [1.165, 1.54) is 11.1 Å². The Bertz CT molecular complexity index is 532. The minimum absolute atomic E-state index is 0.939. The number of benzene rings is 2. The number of hydrogen-bond donors (Lipinski definition) is 0. The molecule has 94 valence electrons. The summed E-state index contributed by atoms with van der Waals surface area (Å²) in [6.07, 6.45) is 0. The lowest BCUT2D eigenvalue weighted by atomic mass is 10.1. The van der Waals surface area contributed by atoms with Crippen molar-refractivity contribution in [3.63, 3.8) is 0 Å². The fraction of sp³-hybridized carbons (Fsp3) is 0.200. The summed E-state index contributed by atoms with van der Waals surface area (Å²) in [4.78, 5) is 0. The van der Waals surface area contributed by atoms with Crippen molar-refractivity contribution in [2.24, 2.45) is 0 Å². The monoisotopic (exact) mass is 320 g/mol. The molecule has 18 heavy (non-hydrogen) atoms. The highest BCUT2D eigenvalue weighted by atomic mass is 79.9. The summed E-state index contributed by atoms with van der Waals surface area (Å²) >= 11 is 3.59. The van der Waals surface area contributed by atoms with Crippen LogP contribution in [0.25, 0.3) is 11.1 Å². The fourth-order valence-electron chi connectivity index (χ4n) is 1.72. The summed E-state index contributed by atoms with van der Waals surface area (Å²) in [5.41, 5.74) is 2.42. The van der Waals surface area contributed by atoms with Crippen molar-refractivity contribution in [1.82, 2.24) is 0 Å². The molecule has 0 aliphatic rings. The van der Waals surface area contributed by atoms with Gasteiger partial charge in [0.05, 0.1) is 4.47 Å². The molecule has 0 N–H and O–H groups in total. The Morgan fingerprint density at radius 3 is 2.11 bits per heavy atom. The second-order valence-electron chi connectivity index (χ2n) is 5.23. The topological polar surface area (TPSA) is 9.23 Å². The molecule has 0 bridgehead atoms. The van der Waals surface area contributed by atoms with Crippen LogP contribution in [0.1, 0.15) is 0 Å². The van der Waals surface area contributed by atoms with Gasteiger partial charge in [-0.2, -0.15) is 0 Å². The quantitative estimate of drug-likeness (QED) is 0.694. The van der Waals surface area contributed by atoms with Crippen LogP contribution in [0, 0.1) is 0 Å². The Morgan fingerprint density at radius 2 is 1.56 bits per heavy atom. The number of halogens is 1. The van der Waals surface area contributed by atoms with E-state index < -0.39 is 8.32 Å². The Morgan fingerprint density at radius 1 is 0.889 bits per heavy atom. The second-order valence-corrected chi connectivity index (χ2v) is 10.5. The lowest BCUT2D eigenvalue weighted by Gasteiger charge is -2.20. The van der Waals surface area contributed by atoms with E-state index in [2.05, 4.69) is 72.0 Å². The van der Waals surface area contributed by atoms with Gasteiger partial charge in [-0.3, -0.25) is 0 Å². The first kappa shape index (κ1) is 13.4. The van der Waals surface area contributed by atoms with Gasteiger partial charge in [-0.05, 0) is 58.8 Å². The predicted molar refractivity (Wildman–Crippen MR) is 83.6 cm³/mol. The van der Waals surface area contributed by atoms with Crippen LogP contribution in [0.3, 0.4) is 0 Å². The molecule has 0 atom stereocenters. The van der Waals surface area contributed by atoms with Crippen molar-refractivity contribution in [1.29, 1.82) is 0 Å². The highest BCUT2D eigenvalue weighted by Gasteiger charge is 2.17. The standard InChI is InChI=1S/C15H17BrOSi/c1-18(2,3)17-15-10-9-13(11-14(15)16)12-7-5-4-6-8-12/h4-11H,1-3H3. The van der Waals surface area contributed by atoms with E-state index in [-0.39, 0.29) is 0 Å². The Balaban J connectivity index is 2.31. The molecule has 0 radical (unpaired) electrons.